The minimum Gasteiger partial charge on any atom is -0.508 e. The molecule has 0 aromatic heterocycles. The van der Waals surface area contributed by atoms with Crippen LogP contribution in [0.4, 0.5) is 0 Å². The molecule has 0 bridgehead atoms. The second-order valence-corrected chi connectivity index (χ2v) is 6.57. The summed E-state index contributed by atoms with van der Waals surface area (Å²) in [7, 11) is 0. The molecular formula is C21H29NO2. The maximum atomic E-state index is 12.9. The predicted molar refractivity (Wildman–Crippen MR) is 98.0 cm³/mol. The van der Waals surface area contributed by atoms with E-state index in [4.69, 9.17) is 0 Å². The van der Waals surface area contributed by atoms with E-state index < -0.39 is 0 Å². The van der Waals surface area contributed by atoms with Gasteiger partial charge in [-0.2, -0.15) is 0 Å². The van der Waals surface area contributed by atoms with Gasteiger partial charge in [0.15, 0.2) is 0 Å². The Labute approximate surface area is 145 Å². The molecule has 0 spiro atoms. The predicted octanol–water partition coefficient (Wildman–Crippen LogP) is 4.02. The number of hydrogen-bond donors (Lipinski definition) is 2. The summed E-state index contributed by atoms with van der Waals surface area (Å²) in [6.07, 6.45) is 7.12. The number of aromatic hydroxyl groups is 1. The first kappa shape index (κ1) is 18.5. The maximum Gasteiger partial charge on any atom is 0.141 e. The second-order valence-electron chi connectivity index (χ2n) is 6.57. The number of benzene rings is 1. The molecule has 0 aliphatic heterocycles. The van der Waals surface area contributed by atoms with E-state index in [1.807, 2.05) is 12.1 Å². The summed E-state index contributed by atoms with van der Waals surface area (Å²) < 4.78 is 0. The molecule has 0 heterocycles. The monoisotopic (exact) mass is 327 g/mol. The molecule has 3 nitrogen and oxygen atoms in total. The van der Waals surface area contributed by atoms with E-state index in [-0.39, 0.29) is 11.7 Å². The van der Waals surface area contributed by atoms with Gasteiger partial charge in [0.05, 0.1) is 6.54 Å². The van der Waals surface area contributed by atoms with Crippen molar-refractivity contribution in [1.29, 1.82) is 0 Å². The van der Waals surface area contributed by atoms with Gasteiger partial charge in [0.2, 0.25) is 0 Å². The largest absolute Gasteiger partial charge is 0.508 e. The second kappa shape index (κ2) is 10.2. The van der Waals surface area contributed by atoms with Crippen molar-refractivity contribution in [2.45, 2.75) is 57.8 Å². The number of nitrogens with one attached hydrogen (secondary N) is 1. The molecular weight excluding hydrogens is 298 g/mol. The maximum absolute atomic E-state index is 12.9. The molecule has 2 rings (SSSR count). The van der Waals surface area contributed by atoms with E-state index in [9.17, 15) is 9.90 Å². The Morgan fingerprint density at radius 2 is 1.92 bits per heavy atom. The Balaban J connectivity index is 2.02. The first-order valence-electron chi connectivity index (χ1n) is 9.20. The van der Waals surface area contributed by atoms with Crippen LogP contribution in [0.15, 0.2) is 24.3 Å². The normalized spacial score (nSPS) is 16.2. The third-order valence-corrected chi connectivity index (χ3v) is 4.81. The zero-order chi connectivity index (χ0) is 17.2. The van der Waals surface area contributed by atoms with E-state index in [0.29, 0.717) is 31.1 Å². The smallest absolute Gasteiger partial charge is 0.141 e. The topological polar surface area (TPSA) is 49.3 Å². The molecule has 0 radical (unpaired) electrons. The van der Waals surface area contributed by atoms with E-state index in [0.717, 1.165) is 24.9 Å². The summed E-state index contributed by atoms with van der Waals surface area (Å²) >= 11 is 0. The van der Waals surface area contributed by atoms with Gasteiger partial charge in [-0.3, -0.25) is 4.79 Å². The zero-order valence-electron chi connectivity index (χ0n) is 14.7. The van der Waals surface area contributed by atoms with Gasteiger partial charge in [0, 0.05) is 18.8 Å². The molecule has 0 amide bonds. The Hall–Kier alpha value is -1.79. The molecule has 1 aromatic carbocycles. The van der Waals surface area contributed by atoms with Crippen LogP contribution in [0.25, 0.3) is 0 Å². The van der Waals surface area contributed by atoms with Gasteiger partial charge < -0.3 is 10.4 Å². The van der Waals surface area contributed by atoms with Crippen molar-refractivity contribution < 1.29 is 9.90 Å². The van der Waals surface area contributed by atoms with Crippen molar-refractivity contribution in [2.75, 3.05) is 13.1 Å². The summed E-state index contributed by atoms with van der Waals surface area (Å²) in [5.74, 6) is 7.10. The fraction of sp³-hybridized carbons (Fsp3) is 0.571. The van der Waals surface area contributed by atoms with Crippen molar-refractivity contribution in [3.8, 4) is 17.6 Å². The zero-order valence-corrected chi connectivity index (χ0v) is 14.7. The molecule has 130 valence electrons. The number of carbonyl (C=O) groups is 1. The Morgan fingerprint density at radius 3 is 2.58 bits per heavy atom. The average Bonchev–Trinajstić information content (AvgIpc) is 2.61. The highest BCUT2D eigenvalue weighted by Gasteiger charge is 2.30. The van der Waals surface area contributed by atoms with Crippen LogP contribution in [0.1, 0.15) is 63.4 Å². The lowest BCUT2D eigenvalue weighted by molar-refractivity contribution is -0.121. The van der Waals surface area contributed by atoms with Crippen LogP contribution in [-0.4, -0.2) is 24.0 Å². The van der Waals surface area contributed by atoms with Gasteiger partial charge in [-0.1, -0.05) is 44.2 Å². The summed E-state index contributed by atoms with van der Waals surface area (Å²) in [6, 6.07) is 7.19. The number of hydrogen-bond acceptors (Lipinski definition) is 3. The summed E-state index contributed by atoms with van der Waals surface area (Å²) in [5.41, 5.74) is 1.05. The van der Waals surface area contributed by atoms with Gasteiger partial charge in [0.25, 0.3) is 0 Å². The highest BCUT2D eigenvalue weighted by molar-refractivity contribution is 5.86. The molecule has 1 aromatic rings. The fourth-order valence-corrected chi connectivity index (χ4v) is 3.55. The highest BCUT2D eigenvalue weighted by Crippen LogP contribution is 2.37. The van der Waals surface area contributed by atoms with Crippen LogP contribution in [0.3, 0.4) is 0 Å². The van der Waals surface area contributed by atoms with Crippen molar-refractivity contribution >= 4 is 5.78 Å². The van der Waals surface area contributed by atoms with Crippen LogP contribution in [0.2, 0.25) is 0 Å². The van der Waals surface area contributed by atoms with Crippen LogP contribution in [0, 0.1) is 17.8 Å². The number of phenols is 1. The SMILES string of the molecule is CCNCC#CCCC(=O)C(c1ccc(O)cc1)C1CCCCC1. The molecule has 1 aliphatic rings. The van der Waals surface area contributed by atoms with Gasteiger partial charge in [-0.25, -0.2) is 0 Å². The first-order valence-corrected chi connectivity index (χ1v) is 9.20. The van der Waals surface area contributed by atoms with Crippen molar-refractivity contribution in [1.82, 2.24) is 5.32 Å². The number of carbonyl (C=O) groups excluding carboxylic acids is 1. The Morgan fingerprint density at radius 1 is 1.21 bits per heavy atom. The van der Waals surface area contributed by atoms with E-state index >= 15 is 0 Å². The molecule has 1 fully saturated rings. The lowest BCUT2D eigenvalue weighted by Crippen LogP contribution is -2.24. The highest BCUT2D eigenvalue weighted by atomic mass is 16.3. The Kier molecular flexibility index (Phi) is 7.85. The van der Waals surface area contributed by atoms with Crippen molar-refractivity contribution in [3.63, 3.8) is 0 Å². The lowest BCUT2D eigenvalue weighted by atomic mass is 9.74. The van der Waals surface area contributed by atoms with Gasteiger partial charge in [0.1, 0.15) is 11.5 Å². The fourth-order valence-electron chi connectivity index (χ4n) is 3.55. The van der Waals surface area contributed by atoms with Gasteiger partial charge >= 0.3 is 0 Å². The lowest BCUT2D eigenvalue weighted by Gasteiger charge is -2.29. The molecule has 0 saturated heterocycles. The number of Topliss-reactive ketones (excluding diaryl/α,β-unsaturated/α-hetero) is 1. The van der Waals surface area contributed by atoms with Crippen LogP contribution in [0.5, 0.6) is 5.75 Å². The Bertz CT molecular complexity index is 562. The van der Waals surface area contributed by atoms with Crippen LogP contribution >= 0.6 is 0 Å². The van der Waals surface area contributed by atoms with Gasteiger partial charge in [-0.15, -0.1) is 5.92 Å². The third-order valence-electron chi connectivity index (χ3n) is 4.81. The summed E-state index contributed by atoms with van der Waals surface area (Å²) in [6.45, 7) is 3.66. The average molecular weight is 327 g/mol. The van der Waals surface area contributed by atoms with E-state index in [1.165, 1.54) is 19.3 Å². The molecule has 1 unspecified atom stereocenters. The van der Waals surface area contributed by atoms with Crippen LogP contribution < -0.4 is 5.32 Å². The third kappa shape index (κ3) is 5.69. The van der Waals surface area contributed by atoms with Crippen LogP contribution in [-0.2, 0) is 4.79 Å². The molecule has 1 atom stereocenters. The van der Waals surface area contributed by atoms with E-state index in [2.05, 4.69) is 24.1 Å². The van der Waals surface area contributed by atoms with Crippen molar-refractivity contribution in [2.24, 2.45) is 5.92 Å². The quantitative estimate of drug-likeness (QED) is 0.587. The summed E-state index contributed by atoms with van der Waals surface area (Å²) in [4.78, 5) is 12.9. The first-order chi connectivity index (χ1) is 11.7. The molecule has 2 N–H and O–H groups in total. The standard InChI is InChI=1S/C21H29NO2/c1-2-22-16-8-4-7-11-20(24)21(17-9-5-3-6-10-17)18-12-14-19(23)15-13-18/h12-15,17,21-23H,2-3,5-7,9-11,16H2,1H3. The minimum absolute atomic E-state index is 0.0403. The summed E-state index contributed by atoms with van der Waals surface area (Å²) in [5, 5.41) is 12.7. The molecule has 1 saturated carbocycles. The minimum atomic E-state index is -0.0403. The number of ketones is 1. The van der Waals surface area contributed by atoms with E-state index in [1.54, 1.807) is 12.1 Å². The molecule has 24 heavy (non-hydrogen) atoms. The molecule has 1 aliphatic carbocycles. The van der Waals surface area contributed by atoms with Crippen molar-refractivity contribution in [3.05, 3.63) is 29.8 Å². The number of phenolic OH excluding ortho intramolecular Hbond substituents is 1. The van der Waals surface area contributed by atoms with Gasteiger partial charge in [-0.05, 0) is 43.0 Å². The molecule has 3 heteroatoms. The number of rotatable bonds is 7.